The first-order valence-electron chi connectivity index (χ1n) is 19.6. The number of rotatable bonds is 11. The van der Waals surface area contributed by atoms with Gasteiger partial charge in [0.15, 0.2) is 0 Å². The summed E-state index contributed by atoms with van der Waals surface area (Å²) in [4.78, 5) is 0. The Labute approximate surface area is 313 Å². The molecule has 2 aliphatic carbocycles. The zero-order valence-electron chi connectivity index (χ0n) is 32.7. The van der Waals surface area contributed by atoms with E-state index in [0.717, 1.165) is 12.8 Å². The van der Waals surface area contributed by atoms with E-state index in [1.165, 1.54) is 70.2 Å². The van der Waals surface area contributed by atoms with Crippen LogP contribution >= 0.6 is 0 Å². The van der Waals surface area contributed by atoms with Crippen LogP contribution in [0.4, 0.5) is 0 Å². The van der Waals surface area contributed by atoms with Crippen LogP contribution in [0.5, 0.6) is 0 Å². The summed E-state index contributed by atoms with van der Waals surface area (Å²) in [5.41, 5.74) is 18.8. The Balaban J connectivity index is 1.55. The summed E-state index contributed by atoms with van der Waals surface area (Å²) < 4.78 is 1.20. The zero-order valence-corrected chi connectivity index (χ0v) is 36.3. The SMILES string of the molecule is CCCCc1ccccc1-c1cccc2c1C=C(C(C)(C)C)[CH]2[Zr]([CH]1C(C(C)(C)C)=Cc2c(-c3ccccc3CCCC)cccc21)[SiH](C)C. The Bertz CT molecular complexity index is 1760. The van der Waals surface area contributed by atoms with Crippen LogP contribution in [0.2, 0.25) is 13.1 Å². The van der Waals surface area contributed by atoms with E-state index in [4.69, 9.17) is 0 Å². The van der Waals surface area contributed by atoms with E-state index in [0.29, 0.717) is 7.25 Å². The van der Waals surface area contributed by atoms with Gasteiger partial charge in [0.2, 0.25) is 0 Å². The molecule has 0 bridgehead atoms. The van der Waals surface area contributed by atoms with Gasteiger partial charge < -0.3 is 0 Å². The van der Waals surface area contributed by atoms with Crippen LogP contribution in [0.25, 0.3) is 34.4 Å². The molecular weight excluding hydrogens is 696 g/mol. The molecule has 50 heavy (non-hydrogen) atoms. The van der Waals surface area contributed by atoms with E-state index in [1.54, 1.807) is 22.3 Å². The monoisotopic (exact) mass is 755 g/mol. The molecule has 0 heterocycles. The number of unbranched alkanes of at least 4 members (excludes halogenated alkanes) is 2. The zero-order chi connectivity index (χ0) is 35.8. The van der Waals surface area contributed by atoms with Gasteiger partial charge in [0.05, 0.1) is 0 Å². The first-order chi connectivity index (χ1) is 23.9. The van der Waals surface area contributed by atoms with E-state index >= 15 is 0 Å². The second-order valence-corrected chi connectivity index (χ2v) is 37.4. The molecule has 2 aliphatic rings. The normalized spacial score (nSPS) is 17.1. The topological polar surface area (TPSA) is 0 Å². The van der Waals surface area contributed by atoms with Gasteiger partial charge in [0.1, 0.15) is 0 Å². The van der Waals surface area contributed by atoms with Crippen LogP contribution in [-0.4, -0.2) is 5.92 Å². The van der Waals surface area contributed by atoms with Crippen molar-refractivity contribution in [1.29, 1.82) is 0 Å². The number of allylic oxidation sites excluding steroid dienone is 2. The molecule has 0 aromatic heterocycles. The Morgan fingerprint density at radius 2 is 0.900 bits per heavy atom. The molecule has 0 spiro atoms. The van der Waals surface area contributed by atoms with Crippen LogP contribution in [0, 0.1) is 10.8 Å². The molecule has 4 aromatic carbocycles. The number of hydrogen-bond donors (Lipinski definition) is 0. The quantitative estimate of drug-likeness (QED) is 0.134. The van der Waals surface area contributed by atoms with Crippen molar-refractivity contribution >= 4 is 18.1 Å². The van der Waals surface area contributed by atoms with Crippen LogP contribution in [0.15, 0.2) is 96.1 Å². The Kier molecular flexibility index (Phi) is 11.3. The molecule has 0 N–H and O–H groups in total. The van der Waals surface area contributed by atoms with Gasteiger partial charge in [-0.25, -0.2) is 0 Å². The molecule has 2 heteroatoms. The predicted molar refractivity (Wildman–Crippen MR) is 220 cm³/mol. The third kappa shape index (κ3) is 7.23. The third-order valence-corrected chi connectivity index (χ3v) is 32.8. The first-order valence-corrected chi connectivity index (χ1v) is 29.6. The molecule has 0 radical (unpaired) electrons. The standard InChI is InChI=1S/2C23H27.C2H7Si.Zr/c2*1-5-6-10-17-11-7-8-13-20(17)21-14-9-12-18-15-19(16-22(18)21)23(2,3)4;1-3-2;/h2*7-9,11-16H,5-6,10H2,1-4H3;3H,1-2H3;. The van der Waals surface area contributed by atoms with Crippen molar-refractivity contribution in [3.63, 3.8) is 0 Å². The second-order valence-electron chi connectivity index (χ2n) is 17.4. The van der Waals surface area contributed by atoms with E-state index in [-0.39, 0.29) is 10.8 Å². The number of aryl methyl sites for hydroxylation is 2. The number of benzene rings is 4. The van der Waals surface area contributed by atoms with Gasteiger partial charge >= 0.3 is 316 Å². The van der Waals surface area contributed by atoms with Crippen molar-refractivity contribution in [1.82, 2.24) is 0 Å². The van der Waals surface area contributed by atoms with Gasteiger partial charge in [0.25, 0.3) is 0 Å². The van der Waals surface area contributed by atoms with Crippen molar-refractivity contribution in [2.75, 3.05) is 0 Å². The molecular formula is C48H61SiZr. The molecule has 0 amide bonds. The molecule has 0 saturated carbocycles. The maximum atomic E-state index is 2.72. The van der Waals surface area contributed by atoms with Crippen LogP contribution in [0.3, 0.4) is 0 Å². The van der Waals surface area contributed by atoms with Gasteiger partial charge in [-0.05, 0) is 0 Å². The van der Waals surface area contributed by atoms with Gasteiger partial charge in [-0.1, -0.05) is 0 Å². The summed E-state index contributed by atoms with van der Waals surface area (Å²) in [7, 11) is 0. The van der Waals surface area contributed by atoms with E-state index < -0.39 is 26.8 Å². The molecule has 0 aliphatic heterocycles. The minimum absolute atomic E-state index is 0.116. The molecule has 2 unspecified atom stereocenters. The summed E-state index contributed by atoms with van der Waals surface area (Å²) in [5.74, 6) is -1.04. The maximum absolute atomic E-state index is 2.72. The molecule has 4 aromatic rings. The van der Waals surface area contributed by atoms with Gasteiger partial charge in [-0.15, -0.1) is 0 Å². The molecule has 0 saturated heterocycles. The second kappa shape index (κ2) is 15.2. The molecule has 0 fully saturated rings. The predicted octanol–water partition coefficient (Wildman–Crippen LogP) is 14.0. The molecule has 2 atom stereocenters. The van der Waals surface area contributed by atoms with Crippen molar-refractivity contribution in [2.45, 2.75) is 114 Å². The van der Waals surface area contributed by atoms with Gasteiger partial charge in [-0.2, -0.15) is 0 Å². The average molecular weight is 757 g/mol. The van der Waals surface area contributed by atoms with Crippen LogP contribution in [-0.2, 0) is 33.8 Å². The van der Waals surface area contributed by atoms with Crippen LogP contribution < -0.4 is 0 Å². The fourth-order valence-corrected chi connectivity index (χ4v) is 32.4. The summed E-state index contributed by atoms with van der Waals surface area (Å²) >= 11 is -2.34. The van der Waals surface area contributed by atoms with Gasteiger partial charge in [-0.3, -0.25) is 0 Å². The summed E-state index contributed by atoms with van der Waals surface area (Å²) in [6.07, 6.45) is 12.6. The number of fused-ring (bicyclic) bond motifs is 2. The van der Waals surface area contributed by atoms with E-state index in [1.807, 2.05) is 0 Å². The van der Waals surface area contributed by atoms with Crippen molar-refractivity contribution in [2.24, 2.45) is 10.8 Å². The fraction of sp³-hybridized carbons (Fsp3) is 0.417. The first kappa shape index (κ1) is 37.2. The molecule has 0 nitrogen and oxygen atoms in total. The van der Waals surface area contributed by atoms with E-state index in [2.05, 4.69) is 166 Å². The Hall–Kier alpha value is -2.54. The van der Waals surface area contributed by atoms with Crippen molar-refractivity contribution < 1.29 is 20.9 Å². The summed E-state index contributed by atoms with van der Waals surface area (Å²) in [6, 6.07) is 33.2. The van der Waals surface area contributed by atoms with E-state index in [9.17, 15) is 0 Å². The Morgan fingerprint density at radius 1 is 0.520 bits per heavy atom. The van der Waals surface area contributed by atoms with Crippen molar-refractivity contribution in [3.8, 4) is 22.3 Å². The average Bonchev–Trinajstić information content (AvgIpc) is 3.67. The third-order valence-electron chi connectivity index (χ3n) is 11.4. The van der Waals surface area contributed by atoms with Gasteiger partial charge in [0, 0.05) is 0 Å². The minimum atomic E-state index is -2.34. The summed E-state index contributed by atoms with van der Waals surface area (Å²) in [5, 5.41) is 0. The fourth-order valence-electron chi connectivity index (χ4n) is 8.86. The molecule has 6 rings (SSSR count). The Morgan fingerprint density at radius 3 is 1.26 bits per heavy atom. The van der Waals surface area contributed by atoms with Crippen molar-refractivity contribution in [3.05, 3.63) is 129 Å². The summed E-state index contributed by atoms with van der Waals surface area (Å²) in [6.45, 7) is 25.0. The molecule has 261 valence electrons. The van der Waals surface area contributed by atoms with Crippen LogP contribution in [0.1, 0.15) is 122 Å². The number of hydrogen-bond acceptors (Lipinski definition) is 0.